The monoisotopic (exact) mass is 355 g/mol. The highest BCUT2D eigenvalue weighted by Crippen LogP contribution is 2.40. The van der Waals surface area contributed by atoms with Gasteiger partial charge in [-0.1, -0.05) is 30.3 Å². The number of ether oxygens (including phenoxy) is 1. The van der Waals surface area contributed by atoms with Crippen molar-refractivity contribution in [3.63, 3.8) is 0 Å². The second kappa shape index (κ2) is 7.36. The standard InChI is InChI=1S/C19H17NO4S/c1-3-23-19(22)16-15(13-8-5-4-6-9-13)12(2)25-18(16)20-17(21)14-10-7-11-24-14/h4-11H,3H2,1-2H3,(H,20,21). The van der Waals surface area contributed by atoms with E-state index in [9.17, 15) is 9.59 Å². The highest BCUT2D eigenvalue weighted by Gasteiger charge is 2.26. The lowest BCUT2D eigenvalue weighted by atomic mass is 10.0. The molecule has 5 nitrogen and oxygen atoms in total. The minimum atomic E-state index is -0.458. The van der Waals surface area contributed by atoms with Crippen LogP contribution in [0.1, 0.15) is 32.7 Å². The van der Waals surface area contributed by atoms with Crippen molar-refractivity contribution in [3.8, 4) is 11.1 Å². The molecule has 6 heteroatoms. The van der Waals surface area contributed by atoms with Gasteiger partial charge < -0.3 is 14.5 Å². The summed E-state index contributed by atoms with van der Waals surface area (Å²) in [5.41, 5.74) is 2.05. The van der Waals surface area contributed by atoms with Crippen molar-refractivity contribution in [2.75, 3.05) is 11.9 Å². The molecule has 0 aliphatic carbocycles. The van der Waals surface area contributed by atoms with Gasteiger partial charge in [-0.25, -0.2) is 4.79 Å². The Morgan fingerprint density at radius 2 is 1.92 bits per heavy atom. The zero-order valence-electron chi connectivity index (χ0n) is 13.9. The quantitative estimate of drug-likeness (QED) is 0.671. The van der Waals surface area contributed by atoms with Crippen LogP contribution < -0.4 is 5.32 Å². The SMILES string of the molecule is CCOC(=O)c1c(NC(=O)c2ccco2)sc(C)c1-c1ccccc1. The summed E-state index contributed by atoms with van der Waals surface area (Å²) in [6.07, 6.45) is 1.43. The molecule has 0 spiro atoms. The first-order chi connectivity index (χ1) is 12.1. The van der Waals surface area contributed by atoms with Crippen LogP contribution in [-0.4, -0.2) is 18.5 Å². The number of carbonyl (C=O) groups excluding carboxylic acids is 2. The van der Waals surface area contributed by atoms with Gasteiger partial charge in [-0.2, -0.15) is 0 Å². The lowest BCUT2D eigenvalue weighted by Crippen LogP contribution is -2.14. The summed E-state index contributed by atoms with van der Waals surface area (Å²) in [6, 6.07) is 12.8. The van der Waals surface area contributed by atoms with Crippen molar-refractivity contribution in [1.29, 1.82) is 0 Å². The molecule has 0 saturated heterocycles. The van der Waals surface area contributed by atoms with E-state index in [1.165, 1.54) is 17.6 Å². The fourth-order valence-corrected chi connectivity index (χ4v) is 3.61. The molecule has 3 aromatic rings. The largest absolute Gasteiger partial charge is 0.462 e. The van der Waals surface area contributed by atoms with Crippen molar-refractivity contribution in [2.24, 2.45) is 0 Å². The van der Waals surface area contributed by atoms with E-state index in [0.717, 1.165) is 16.0 Å². The van der Waals surface area contributed by atoms with Crippen molar-refractivity contribution in [1.82, 2.24) is 0 Å². The van der Waals surface area contributed by atoms with Crippen LogP contribution in [0, 0.1) is 6.92 Å². The van der Waals surface area contributed by atoms with Gasteiger partial charge in [0.25, 0.3) is 5.91 Å². The lowest BCUT2D eigenvalue weighted by molar-refractivity contribution is 0.0529. The third-order valence-corrected chi connectivity index (χ3v) is 4.62. The molecule has 0 atom stereocenters. The second-order valence-electron chi connectivity index (χ2n) is 5.26. The molecule has 0 saturated carbocycles. The fraction of sp³-hybridized carbons (Fsp3) is 0.158. The van der Waals surface area contributed by atoms with Crippen LogP contribution in [0.3, 0.4) is 0 Å². The Hall–Kier alpha value is -2.86. The van der Waals surface area contributed by atoms with Gasteiger partial charge in [0.05, 0.1) is 12.9 Å². The molecular weight excluding hydrogens is 338 g/mol. The smallest absolute Gasteiger partial charge is 0.341 e. The Morgan fingerprint density at radius 3 is 2.56 bits per heavy atom. The first-order valence-corrected chi connectivity index (χ1v) is 8.64. The van der Waals surface area contributed by atoms with Crippen LogP contribution >= 0.6 is 11.3 Å². The highest BCUT2D eigenvalue weighted by molar-refractivity contribution is 7.17. The van der Waals surface area contributed by atoms with Gasteiger partial charge in [0.2, 0.25) is 0 Å². The maximum absolute atomic E-state index is 12.6. The summed E-state index contributed by atoms with van der Waals surface area (Å²) < 4.78 is 10.3. The molecular formula is C19H17NO4S. The van der Waals surface area contributed by atoms with E-state index in [2.05, 4.69) is 5.32 Å². The van der Waals surface area contributed by atoms with E-state index >= 15 is 0 Å². The number of hydrogen-bond donors (Lipinski definition) is 1. The number of rotatable bonds is 5. The third kappa shape index (κ3) is 3.49. The van der Waals surface area contributed by atoms with E-state index in [1.54, 1.807) is 19.1 Å². The van der Waals surface area contributed by atoms with Gasteiger partial charge in [-0.15, -0.1) is 11.3 Å². The van der Waals surface area contributed by atoms with E-state index in [-0.39, 0.29) is 12.4 Å². The molecule has 0 radical (unpaired) electrons. The van der Waals surface area contributed by atoms with Crippen LogP contribution in [0.2, 0.25) is 0 Å². The van der Waals surface area contributed by atoms with E-state index in [1.807, 2.05) is 37.3 Å². The molecule has 1 N–H and O–H groups in total. The van der Waals surface area contributed by atoms with Crippen molar-refractivity contribution in [2.45, 2.75) is 13.8 Å². The number of furan rings is 1. The molecule has 128 valence electrons. The Morgan fingerprint density at radius 1 is 1.16 bits per heavy atom. The molecule has 0 fully saturated rings. The Kier molecular flexibility index (Phi) is 5.00. The number of nitrogens with one attached hydrogen (secondary N) is 1. The van der Waals surface area contributed by atoms with Crippen LogP contribution in [0.5, 0.6) is 0 Å². The summed E-state index contributed by atoms with van der Waals surface area (Å²) in [5, 5.41) is 3.22. The van der Waals surface area contributed by atoms with E-state index in [4.69, 9.17) is 9.15 Å². The summed E-state index contributed by atoms with van der Waals surface area (Å²) >= 11 is 1.34. The van der Waals surface area contributed by atoms with Gasteiger partial charge in [0.1, 0.15) is 10.6 Å². The number of thiophene rings is 1. The molecule has 0 aliphatic heterocycles. The summed E-state index contributed by atoms with van der Waals surface area (Å²) in [4.78, 5) is 25.8. The average molecular weight is 355 g/mol. The van der Waals surface area contributed by atoms with Gasteiger partial charge in [-0.3, -0.25) is 4.79 Å². The molecule has 2 heterocycles. The number of aryl methyl sites for hydroxylation is 1. The maximum atomic E-state index is 12.6. The van der Waals surface area contributed by atoms with Crippen LogP contribution in [-0.2, 0) is 4.74 Å². The maximum Gasteiger partial charge on any atom is 0.341 e. The Bertz CT molecular complexity index is 882. The number of carbonyl (C=O) groups is 2. The zero-order chi connectivity index (χ0) is 17.8. The number of esters is 1. The molecule has 3 rings (SSSR count). The van der Waals surface area contributed by atoms with Crippen LogP contribution in [0.15, 0.2) is 53.1 Å². The minimum absolute atomic E-state index is 0.183. The zero-order valence-corrected chi connectivity index (χ0v) is 14.7. The predicted molar refractivity (Wildman–Crippen MR) is 97.1 cm³/mol. The van der Waals surface area contributed by atoms with E-state index < -0.39 is 11.9 Å². The van der Waals surface area contributed by atoms with Crippen LogP contribution in [0.25, 0.3) is 11.1 Å². The van der Waals surface area contributed by atoms with Gasteiger partial charge in [0.15, 0.2) is 5.76 Å². The summed E-state index contributed by atoms with van der Waals surface area (Å²) in [7, 11) is 0. The van der Waals surface area contributed by atoms with Crippen molar-refractivity contribution >= 4 is 28.2 Å². The third-order valence-electron chi connectivity index (χ3n) is 3.60. The molecule has 25 heavy (non-hydrogen) atoms. The highest BCUT2D eigenvalue weighted by atomic mass is 32.1. The molecule has 0 bridgehead atoms. The fourth-order valence-electron chi connectivity index (χ4n) is 2.56. The van der Waals surface area contributed by atoms with E-state index in [0.29, 0.717) is 10.6 Å². The van der Waals surface area contributed by atoms with Crippen molar-refractivity contribution < 1.29 is 18.7 Å². The minimum Gasteiger partial charge on any atom is -0.462 e. The normalized spacial score (nSPS) is 10.5. The number of benzene rings is 1. The Balaban J connectivity index is 2.06. The molecule has 0 aliphatic rings. The first kappa shape index (κ1) is 17.0. The first-order valence-electron chi connectivity index (χ1n) is 7.82. The van der Waals surface area contributed by atoms with Crippen molar-refractivity contribution in [3.05, 3.63) is 64.9 Å². The van der Waals surface area contributed by atoms with Gasteiger partial charge in [0, 0.05) is 10.4 Å². The predicted octanol–water partition coefficient (Wildman–Crippen LogP) is 4.75. The molecule has 2 aromatic heterocycles. The summed E-state index contributed by atoms with van der Waals surface area (Å²) in [6.45, 7) is 3.92. The van der Waals surface area contributed by atoms with Gasteiger partial charge >= 0.3 is 5.97 Å². The lowest BCUT2D eigenvalue weighted by Gasteiger charge is -2.08. The molecule has 1 amide bonds. The average Bonchev–Trinajstić information content (AvgIpc) is 3.24. The number of anilines is 1. The Labute approximate surface area is 149 Å². The van der Waals surface area contributed by atoms with Gasteiger partial charge in [-0.05, 0) is 31.5 Å². The topological polar surface area (TPSA) is 68.5 Å². The molecule has 1 aromatic carbocycles. The summed E-state index contributed by atoms with van der Waals surface area (Å²) in [5.74, 6) is -0.681. The number of hydrogen-bond acceptors (Lipinski definition) is 5. The second-order valence-corrected chi connectivity index (χ2v) is 6.48. The number of amides is 1. The molecule has 0 unspecified atom stereocenters. The van der Waals surface area contributed by atoms with Crippen LogP contribution in [0.4, 0.5) is 5.00 Å².